The second-order valence-electron chi connectivity index (χ2n) is 6.27. The van der Waals surface area contributed by atoms with Crippen molar-refractivity contribution in [2.24, 2.45) is 5.92 Å². The van der Waals surface area contributed by atoms with E-state index in [0.29, 0.717) is 5.92 Å². The minimum atomic E-state index is -0.0878. The van der Waals surface area contributed by atoms with Gasteiger partial charge in [-0.05, 0) is 32.9 Å². The zero-order chi connectivity index (χ0) is 13.5. The number of fused-ring (bicyclic) bond motifs is 1. The first-order chi connectivity index (χ1) is 9.11. The van der Waals surface area contributed by atoms with Gasteiger partial charge < -0.3 is 14.8 Å². The third-order valence-corrected chi connectivity index (χ3v) is 4.11. The highest BCUT2D eigenvalue weighted by atomic mass is 16.5. The lowest BCUT2D eigenvalue weighted by atomic mass is 9.92. The molecule has 1 aromatic carbocycles. The number of benzene rings is 1. The molecule has 19 heavy (non-hydrogen) atoms. The highest BCUT2D eigenvalue weighted by molar-refractivity contribution is 5.47. The summed E-state index contributed by atoms with van der Waals surface area (Å²) in [6, 6.07) is 6.48. The third kappa shape index (κ3) is 2.37. The molecule has 0 bridgehead atoms. The Morgan fingerprint density at radius 2 is 2.21 bits per heavy atom. The molecule has 0 radical (unpaired) electrons. The Morgan fingerprint density at radius 3 is 3.00 bits per heavy atom. The molecule has 3 nitrogen and oxygen atoms in total. The van der Waals surface area contributed by atoms with Crippen molar-refractivity contribution >= 4 is 0 Å². The van der Waals surface area contributed by atoms with Gasteiger partial charge in [-0.3, -0.25) is 0 Å². The minimum absolute atomic E-state index is 0.0878. The normalized spacial score (nSPS) is 28.2. The van der Waals surface area contributed by atoms with Crippen LogP contribution in [0.3, 0.4) is 0 Å². The Kier molecular flexibility index (Phi) is 3.27. The van der Waals surface area contributed by atoms with Crippen molar-refractivity contribution in [3.63, 3.8) is 0 Å². The van der Waals surface area contributed by atoms with E-state index in [0.717, 1.165) is 31.7 Å². The molecule has 0 aromatic heterocycles. The first kappa shape index (κ1) is 12.9. The van der Waals surface area contributed by atoms with Gasteiger partial charge in [-0.25, -0.2) is 0 Å². The van der Waals surface area contributed by atoms with Crippen LogP contribution in [0.15, 0.2) is 18.2 Å². The molecule has 0 saturated carbocycles. The lowest BCUT2D eigenvalue weighted by Gasteiger charge is -2.23. The van der Waals surface area contributed by atoms with E-state index in [1.54, 1.807) is 0 Å². The minimum Gasteiger partial charge on any atom is -0.487 e. The molecular weight excluding hydrogens is 238 g/mol. The van der Waals surface area contributed by atoms with Crippen LogP contribution in [0.25, 0.3) is 0 Å². The molecule has 2 aliphatic heterocycles. The molecular formula is C16H23NO2. The van der Waals surface area contributed by atoms with Crippen molar-refractivity contribution in [3.05, 3.63) is 29.3 Å². The third-order valence-electron chi connectivity index (χ3n) is 4.11. The van der Waals surface area contributed by atoms with Crippen LogP contribution in [0.5, 0.6) is 5.75 Å². The van der Waals surface area contributed by atoms with Crippen LogP contribution in [0.4, 0.5) is 0 Å². The molecule has 1 aromatic rings. The summed E-state index contributed by atoms with van der Waals surface area (Å²) in [5.74, 6) is 1.62. The highest BCUT2D eigenvalue weighted by Crippen LogP contribution is 2.45. The van der Waals surface area contributed by atoms with Crippen LogP contribution in [0, 0.1) is 5.92 Å². The van der Waals surface area contributed by atoms with E-state index < -0.39 is 0 Å². The number of hydrogen-bond donors (Lipinski definition) is 1. The van der Waals surface area contributed by atoms with Crippen molar-refractivity contribution in [2.45, 2.75) is 38.4 Å². The van der Waals surface area contributed by atoms with Crippen molar-refractivity contribution in [3.8, 4) is 5.75 Å². The van der Waals surface area contributed by atoms with Gasteiger partial charge in [-0.15, -0.1) is 0 Å². The zero-order valence-electron chi connectivity index (χ0n) is 12.0. The molecule has 2 unspecified atom stereocenters. The fourth-order valence-electron chi connectivity index (χ4n) is 3.31. The highest BCUT2D eigenvalue weighted by Gasteiger charge is 2.37. The van der Waals surface area contributed by atoms with E-state index in [-0.39, 0.29) is 11.7 Å². The number of hydrogen-bond acceptors (Lipinski definition) is 3. The van der Waals surface area contributed by atoms with Gasteiger partial charge >= 0.3 is 0 Å². The summed E-state index contributed by atoms with van der Waals surface area (Å²) in [6.07, 6.45) is 2.29. The summed E-state index contributed by atoms with van der Waals surface area (Å²) >= 11 is 0. The Hall–Kier alpha value is -1.06. The summed E-state index contributed by atoms with van der Waals surface area (Å²) in [4.78, 5) is 0. The van der Waals surface area contributed by atoms with E-state index in [2.05, 4.69) is 37.4 Å². The molecule has 2 heterocycles. The molecule has 1 fully saturated rings. The molecule has 3 heteroatoms. The molecule has 0 amide bonds. The molecule has 2 atom stereocenters. The molecule has 2 aliphatic rings. The quantitative estimate of drug-likeness (QED) is 0.907. The van der Waals surface area contributed by atoms with Crippen LogP contribution in [-0.2, 0) is 11.2 Å². The maximum Gasteiger partial charge on any atom is 0.129 e. The van der Waals surface area contributed by atoms with Crippen molar-refractivity contribution < 1.29 is 9.47 Å². The monoisotopic (exact) mass is 261 g/mol. The standard InChI is InChI=1S/C16H23NO2/c1-16(2)9-11-5-4-6-13(15(11)19-16)14-12(10-17-3)7-8-18-14/h4-6,12,14,17H,7-10H2,1-3H3. The first-order valence-corrected chi connectivity index (χ1v) is 7.18. The Labute approximate surface area is 115 Å². The van der Waals surface area contributed by atoms with E-state index in [1.165, 1.54) is 11.1 Å². The maximum atomic E-state index is 6.16. The van der Waals surface area contributed by atoms with Crippen LogP contribution in [0.2, 0.25) is 0 Å². The van der Waals surface area contributed by atoms with Gasteiger partial charge in [-0.1, -0.05) is 18.2 Å². The average molecular weight is 261 g/mol. The topological polar surface area (TPSA) is 30.5 Å². The van der Waals surface area contributed by atoms with Crippen LogP contribution < -0.4 is 10.1 Å². The van der Waals surface area contributed by atoms with Gasteiger partial charge in [0.25, 0.3) is 0 Å². The van der Waals surface area contributed by atoms with Gasteiger partial charge in [-0.2, -0.15) is 0 Å². The van der Waals surface area contributed by atoms with E-state index in [1.807, 2.05) is 7.05 Å². The Bertz CT molecular complexity index is 470. The summed E-state index contributed by atoms with van der Waals surface area (Å²) in [7, 11) is 2.00. The number of nitrogens with one attached hydrogen (secondary N) is 1. The second kappa shape index (κ2) is 4.80. The van der Waals surface area contributed by atoms with E-state index in [4.69, 9.17) is 9.47 Å². The van der Waals surface area contributed by atoms with E-state index in [9.17, 15) is 0 Å². The van der Waals surface area contributed by atoms with Crippen molar-refractivity contribution in [1.82, 2.24) is 5.32 Å². The smallest absolute Gasteiger partial charge is 0.129 e. The molecule has 104 valence electrons. The predicted molar refractivity (Wildman–Crippen MR) is 75.6 cm³/mol. The Morgan fingerprint density at radius 1 is 1.37 bits per heavy atom. The van der Waals surface area contributed by atoms with Crippen LogP contribution in [-0.4, -0.2) is 25.8 Å². The lowest BCUT2D eigenvalue weighted by molar-refractivity contribution is 0.0821. The first-order valence-electron chi connectivity index (χ1n) is 7.18. The Balaban J connectivity index is 1.92. The summed E-state index contributed by atoms with van der Waals surface area (Å²) in [5.41, 5.74) is 2.47. The van der Waals surface area contributed by atoms with Gasteiger partial charge in [0.2, 0.25) is 0 Å². The summed E-state index contributed by atoms with van der Waals surface area (Å²) in [6.45, 7) is 6.15. The van der Waals surface area contributed by atoms with Crippen molar-refractivity contribution in [2.75, 3.05) is 20.2 Å². The van der Waals surface area contributed by atoms with Crippen molar-refractivity contribution in [1.29, 1.82) is 0 Å². The lowest BCUT2D eigenvalue weighted by Crippen LogP contribution is -2.25. The summed E-state index contributed by atoms with van der Waals surface area (Å²) in [5, 5.41) is 3.27. The largest absolute Gasteiger partial charge is 0.487 e. The number of ether oxygens (including phenoxy) is 2. The zero-order valence-corrected chi connectivity index (χ0v) is 12.0. The predicted octanol–water partition coefficient (Wildman–Crippen LogP) is 2.70. The molecule has 0 spiro atoms. The summed E-state index contributed by atoms with van der Waals surface area (Å²) < 4.78 is 12.1. The maximum absolute atomic E-state index is 6.16. The molecule has 1 N–H and O–H groups in total. The van der Waals surface area contributed by atoms with Gasteiger partial charge in [0.05, 0.1) is 6.10 Å². The SMILES string of the molecule is CNCC1CCOC1c1cccc2c1OC(C)(C)C2. The van der Waals surface area contributed by atoms with Crippen LogP contribution in [0.1, 0.15) is 37.5 Å². The fraction of sp³-hybridized carbons (Fsp3) is 0.625. The van der Waals surface area contributed by atoms with Gasteiger partial charge in [0, 0.05) is 31.1 Å². The number of para-hydroxylation sites is 1. The van der Waals surface area contributed by atoms with Gasteiger partial charge in [0.1, 0.15) is 11.4 Å². The number of rotatable bonds is 3. The molecule has 3 rings (SSSR count). The van der Waals surface area contributed by atoms with Crippen LogP contribution >= 0.6 is 0 Å². The average Bonchev–Trinajstić information content (AvgIpc) is 2.91. The molecule has 1 saturated heterocycles. The second-order valence-corrected chi connectivity index (χ2v) is 6.27. The van der Waals surface area contributed by atoms with Gasteiger partial charge in [0.15, 0.2) is 0 Å². The molecule has 0 aliphatic carbocycles. The van der Waals surface area contributed by atoms with E-state index >= 15 is 0 Å². The fourth-order valence-corrected chi connectivity index (χ4v) is 3.31.